The summed E-state index contributed by atoms with van der Waals surface area (Å²) in [6, 6.07) is 17.4. The molecule has 27 heavy (non-hydrogen) atoms. The minimum atomic E-state index is -0.729. The van der Waals surface area contributed by atoms with Crippen LogP contribution in [0.25, 0.3) is 0 Å². The molecule has 0 spiro atoms. The fraction of sp³-hybridized carbons (Fsp3) is 0.435. The van der Waals surface area contributed by atoms with Crippen molar-refractivity contribution in [1.82, 2.24) is 4.90 Å². The summed E-state index contributed by atoms with van der Waals surface area (Å²) in [7, 11) is 0. The Morgan fingerprint density at radius 2 is 1.96 bits per heavy atom. The number of aromatic hydroxyl groups is 1. The zero-order chi connectivity index (χ0) is 19.4. The molecule has 1 unspecified atom stereocenters. The number of nitrogens with zero attached hydrogens (tertiary/aromatic N) is 1. The molecule has 4 heteroatoms. The van der Waals surface area contributed by atoms with E-state index in [-0.39, 0.29) is 5.41 Å². The molecule has 0 bridgehead atoms. The predicted octanol–water partition coefficient (Wildman–Crippen LogP) is 3.94. The second-order valence-electron chi connectivity index (χ2n) is 8.10. The van der Waals surface area contributed by atoms with Gasteiger partial charge >= 0.3 is 5.97 Å². The number of hydrogen-bond acceptors (Lipinski definition) is 3. The summed E-state index contributed by atoms with van der Waals surface area (Å²) < 4.78 is 0. The Bertz CT molecular complexity index is 776. The van der Waals surface area contributed by atoms with Gasteiger partial charge in [-0.1, -0.05) is 56.3 Å². The molecule has 0 radical (unpaired) electrons. The van der Waals surface area contributed by atoms with Crippen molar-refractivity contribution in [3.63, 3.8) is 0 Å². The number of carboxylic acids is 1. The van der Waals surface area contributed by atoms with Gasteiger partial charge in [0.15, 0.2) is 0 Å². The van der Waals surface area contributed by atoms with E-state index in [1.54, 1.807) is 6.07 Å². The van der Waals surface area contributed by atoms with Gasteiger partial charge in [0.05, 0.1) is 5.92 Å². The van der Waals surface area contributed by atoms with Crippen LogP contribution in [0.15, 0.2) is 54.6 Å². The van der Waals surface area contributed by atoms with Crippen LogP contribution in [-0.2, 0) is 16.6 Å². The Balaban J connectivity index is 1.67. The van der Waals surface area contributed by atoms with E-state index < -0.39 is 11.9 Å². The molecule has 0 amide bonds. The first-order chi connectivity index (χ1) is 12.9. The molecule has 2 aromatic rings. The van der Waals surface area contributed by atoms with Crippen molar-refractivity contribution in [2.45, 2.75) is 32.1 Å². The molecule has 2 N–H and O–H groups in total. The molecule has 1 heterocycles. The number of rotatable bonds is 6. The molecule has 2 aromatic carbocycles. The molecule has 1 aliphatic heterocycles. The van der Waals surface area contributed by atoms with Crippen LogP contribution in [0.5, 0.6) is 5.75 Å². The monoisotopic (exact) mass is 367 g/mol. The highest BCUT2D eigenvalue weighted by Crippen LogP contribution is 2.40. The number of carboxylic acid groups (broad SMARTS) is 1. The highest BCUT2D eigenvalue weighted by Gasteiger charge is 2.39. The van der Waals surface area contributed by atoms with Gasteiger partial charge in [-0.2, -0.15) is 0 Å². The second-order valence-corrected chi connectivity index (χ2v) is 8.10. The molecule has 0 aromatic heterocycles. The third kappa shape index (κ3) is 4.51. The van der Waals surface area contributed by atoms with Gasteiger partial charge in [-0.05, 0) is 54.0 Å². The van der Waals surface area contributed by atoms with E-state index in [4.69, 9.17) is 0 Å². The van der Waals surface area contributed by atoms with E-state index in [9.17, 15) is 15.0 Å². The number of benzene rings is 2. The molecule has 4 nitrogen and oxygen atoms in total. The minimum absolute atomic E-state index is 0.00656. The van der Waals surface area contributed by atoms with Crippen LogP contribution in [0.3, 0.4) is 0 Å². The van der Waals surface area contributed by atoms with Crippen molar-refractivity contribution in [2.24, 2.45) is 11.8 Å². The number of phenols is 1. The van der Waals surface area contributed by atoms with E-state index in [0.717, 1.165) is 30.6 Å². The van der Waals surface area contributed by atoms with Crippen molar-refractivity contribution < 1.29 is 15.0 Å². The maximum Gasteiger partial charge on any atom is 0.308 e. The number of likely N-dealkylation sites (tertiary alicyclic amines) is 1. The smallest absolute Gasteiger partial charge is 0.308 e. The lowest BCUT2D eigenvalue weighted by molar-refractivity contribution is -0.142. The number of piperidine rings is 1. The molecular formula is C23H29NO3. The molecule has 144 valence electrons. The summed E-state index contributed by atoms with van der Waals surface area (Å²) >= 11 is 0. The number of phenolic OH excluding ortho intramolecular Hbond substituents is 1. The van der Waals surface area contributed by atoms with E-state index in [1.165, 1.54) is 0 Å². The molecule has 1 saturated heterocycles. The largest absolute Gasteiger partial charge is 0.508 e. The Morgan fingerprint density at radius 1 is 1.22 bits per heavy atom. The third-order valence-electron chi connectivity index (χ3n) is 6.23. The van der Waals surface area contributed by atoms with Gasteiger partial charge < -0.3 is 15.1 Å². The molecule has 0 saturated carbocycles. The van der Waals surface area contributed by atoms with Crippen molar-refractivity contribution in [3.05, 3.63) is 65.7 Å². The molecular weight excluding hydrogens is 338 g/mol. The van der Waals surface area contributed by atoms with E-state index in [0.29, 0.717) is 24.6 Å². The van der Waals surface area contributed by atoms with Crippen molar-refractivity contribution in [2.75, 3.05) is 19.6 Å². The van der Waals surface area contributed by atoms with Gasteiger partial charge in [0.1, 0.15) is 5.75 Å². The highest BCUT2D eigenvalue weighted by molar-refractivity contribution is 5.70. The van der Waals surface area contributed by atoms with Gasteiger partial charge in [0, 0.05) is 13.1 Å². The summed E-state index contributed by atoms with van der Waals surface area (Å²) in [6.45, 7) is 6.79. The Labute approximate surface area is 161 Å². The zero-order valence-corrected chi connectivity index (χ0v) is 16.1. The lowest BCUT2D eigenvalue weighted by Crippen LogP contribution is -2.49. The first-order valence-corrected chi connectivity index (χ1v) is 9.67. The summed E-state index contributed by atoms with van der Waals surface area (Å²) in [5.41, 5.74) is 2.22. The number of hydrogen-bond donors (Lipinski definition) is 2. The van der Waals surface area contributed by atoms with Crippen LogP contribution in [-0.4, -0.2) is 40.7 Å². The molecule has 0 aliphatic carbocycles. The second kappa shape index (κ2) is 8.13. The maximum absolute atomic E-state index is 11.8. The predicted molar refractivity (Wildman–Crippen MR) is 107 cm³/mol. The minimum Gasteiger partial charge on any atom is -0.508 e. The lowest BCUT2D eigenvalue weighted by Gasteiger charge is -2.45. The van der Waals surface area contributed by atoms with Gasteiger partial charge in [-0.25, -0.2) is 0 Å². The number of carbonyl (C=O) groups is 1. The van der Waals surface area contributed by atoms with Gasteiger partial charge in [0.25, 0.3) is 0 Å². The molecule has 1 fully saturated rings. The molecule has 3 atom stereocenters. The van der Waals surface area contributed by atoms with Crippen LogP contribution in [0.2, 0.25) is 0 Å². The van der Waals surface area contributed by atoms with E-state index in [1.807, 2.05) is 42.5 Å². The van der Waals surface area contributed by atoms with Crippen molar-refractivity contribution in [3.8, 4) is 5.75 Å². The van der Waals surface area contributed by atoms with Crippen LogP contribution in [0.1, 0.15) is 31.4 Å². The molecule has 3 rings (SSSR count). The molecule has 1 aliphatic rings. The Hall–Kier alpha value is -2.33. The first-order valence-electron chi connectivity index (χ1n) is 9.67. The third-order valence-corrected chi connectivity index (χ3v) is 6.23. The van der Waals surface area contributed by atoms with Crippen LogP contribution >= 0.6 is 0 Å². The normalized spacial score (nSPS) is 24.4. The summed E-state index contributed by atoms with van der Waals surface area (Å²) in [6.07, 6.45) is 1.51. The Morgan fingerprint density at radius 3 is 2.59 bits per heavy atom. The summed E-state index contributed by atoms with van der Waals surface area (Å²) in [5.74, 6) is -0.450. The Kier molecular flexibility index (Phi) is 5.85. The summed E-state index contributed by atoms with van der Waals surface area (Å²) in [4.78, 5) is 14.1. The topological polar surface area (TPSA) is 60.8 Å². The standard InChI is InChI=1S/C23H29NO3/c1-17-15-24(12-11-23(17,2)20-9-6-10-21(25)14-20)16-19(22(26)27)13-18-7-4-3-5-8-18/h3-10,14,17,19,25H,11-13,15-16H2,1-2H3,(H,26,27)/t17-,19?,23-/m0/s1. The maximum atomic E-state index is 11.8. The number of aliphatic carboxylic acids is 1. The lowest BCUT2D eigenvalue weighted by atomic mass is 9.68. The van der Waals surface area contributed by atoms with Gasteiger partial charge in [0.2, 0.25) is 0 Å². The first kappa shape index (κ1) is 19.4. The summed E-state index contributed by atoms with van der Waals surface area (Å²) in [5, 5.41) is 19.5. The average Bonchev–Trinajstić information content (AvgIpc) is 2.65. The average molecular weight is 367 g/mol. The van der Waals surface area contributed by atoms with Gasteiger partial charge in [-0.3, -0.25) is 4.79 Å². The van der Waals surface area contributed by atoms with Crippen molar-refractivity contribution >= 4 is 5.97 Å². The van der Waals surface area contributed by atoms with E-state index >= 15 is 0 Å². The zero-order valence-electron chi connectivity index (χ0n) is 16.1. The van der Waals surface area contributed by atoms with Crippen LogP contribution in [0.4, 0.5) is 0 Å². The fourth-order valence-corrected chi connectivity index (χ4v) is 4.21. The quantitative estimate of drug-likeness (QED) is 0.812. The van der Waals surface area contributed by atoms with E-state index in [2.05, 4.69) is 24.8 Å². The van der Waals surface area contributed by atoms with Crippen LogP contribution < -0.4 is 0 Å². The van der Waals surface area contributed by atoms with Gasteiger partial charge in [-0.15, -0.1) is 0 Å². The SMILES string of the molecule is C[C@H]1CN(CC(Cc2ccccc2)C(=O)O)CC[C@]1(C)c1cccc(O)c1. The highest BCUT2D eigenvalue weighted by atomic mass is 16.4. The van der Waals surface area contributed by atoms with Crippen LogP contribution in [0, 0.1) is 11.8 Å². The van der Waals surface area contributed by atoms with Crippen molar-refractivity contribution in [1.29, 1.82) is 0 Å². The fourth-order valence-electron chi connectivity index (χ4n) is 4.21.